The summed E-state index contributed by atoms with van der Waals surface area (Å²) in [6.45, 7) is -0.00483. The fourth-order valence-electron chi connectivity index (χ4n) is 2.74. The number of thioether (sulfide) groups is 1. The van der Waals surface area contributed by atoms with Crippen molar-refractivity contribution in [3.05, 3.63) is 70.0 Å². The van der Waals surface area contributed by atoms with E-state index in [9.17, 15) is 26.4 Å². The first kappa shape index (κ1) is 20.4. The van der Waals surface area contributed by atoms with Crippen molar-refractivity contribution < 1.29 is 21.6 Å². The Balaban J connectivity index is 2.00. The van der Waals surface area contributed by atoms with E-state index in [0.717, 1.165) is 28.7 Å². The highest BCUT2D eigenvalue weighted by molar-refractivity contribution is 7.98. The molecule has 0 atom stereocenters. The van der Waals surface area contributed by atoms with Gasteiger partial charge in [0.2, 0.25) is 15.6 Å². The second-order valence-electron chi connectivity index (χ2n) is 5.89. The summed E-state index contributed by atoms with van der Waals surface area (Å²) in [4.78, 5) is 14.3. The number of aromatic amines is 1. The van der Waals surface area contributed by atoms with Crippen LogP contribution < -0.4 is 10.3 Å². The lowest BCUT2D eigenvalue weighted by Gasteiger charge is -2.13. The summed E-state index contributed by atoms with van der Waals surface area (Å²) in [7, 11) is -4.07. The van der Waals surface area contributed by atoms with E-state index < -0.39 is 27.3 Å². The Morgan fingerprint density at radius 3 is 2.50 bits per heavy atom. The maximum atomic E-state index is 13.3. The molecular formula is C18H15F3N2O3S2. The van der Waals surface area contributed by atoms with Crippen molar-refractivity contribution in [3.8, 4) is 0 Å². The van der Waals surface area contributed by atoms with Crippen molar-refractivity contribution in [2.45, 2.75) is 22.5 Å². The number of H-pyrrole nitrogens is 1. The first-order valence-corrected chi connectivity index (χ1v) is 10.7. The van der Waals surface area contributed by atoms with Crippen LogP contribution in [0.15, 0.2) is 63.1 Å². The van der Waals surface area contributed by atoms with Gasteiger partial charge in [-0.1, -0.05) is 18.2 Å². The van der Waals surface area contributed by atoms with Crippen LogP contribution in [0.2, 0.25) is 0 Å². The van der Waals surface area contributed by atoms with E-state index in [-0.39, 0.29) is 22.3 Å². The molecule has 0 fully saturated rings. The van der Waals surface area contributed by atoms with E-state index in [1.165, 1.54) is 11.8 Å². The average Bonchev–Trinajstić information content (AvgIpc) is 2.64. The molecule has 2 aromatic carbocycles. The highest BCUT2D eigenvalue weighted by Crippen LogP contribution is 2.34. The van der Waals surface area contributed by atoms with E-state index in [1.807, 2.05) is 18.4 Å². The molecule has 28 heavy (non-hydrogen) atoms. The van der Waals surface area contributed by atoms with Gasteiger partial charge in [-0.25, -0.2) is 13.1 Å². The summed E-state index contributed by atoms with van der Waals surface area (Å²) in [5, 5.41) is -0.389. The van der Waals surface area contributed by atoms with Gasteiger partial charge in [-0.3, -0.25) is 4.79 Å². The summed E-state index contributed by atoms with van der Waals surface area (Å²) in [5.41, 5.74) is -1.44. The van der Waals surface area contributed by atoms with Gasteiger partial charge in [0.05, 0.1) is 10.5 Å². The first-order valence-electron chi connectivity index (χ1n) is 7.97. The Hall–Kier alpha value is -2.30. The molecule has 0 unspecified atom stereocenters. The second kappa shape index (κ2) is 7.61. The number of sulfonamides is 1. The molecule has 0 aliphatic heterocycles. The largest absolute Gasteiger partial charge is 0.417 e. The molecule has 3 aromatic rings. The molecule has 0 spiro atoms. The molecule has 0 saturated carbocycles. The van der Waals surface area contributed by atoms with Crippen molar-refractivity contribution in [2.24, 2.45) is 0 Å². The monoisotopic (exact) mass is 428 g/mol. The van der Waals surface area contributed by atoms with Gasteiger partial charge in [0.15, 0.2) is 0 Å². The number of alkyl halides is 3. The number of nitrogens with one attached hydrogen (secondary N) is 2. The third kappa shape index (κ3) is 4.23. The molecular weight excluding hydrogens is 413 g/mol. The lowest BCUT2D eigenvalue weighted by Crippen LogP contribution is -2.23. The highest BCUT2D eigenvalue weighted by Gasteiger charge is 2.33. The van der Waals surface area contributed by atoms with Crippen LogP contribution >= 0.6 is 11.8 Å². The van der Waals surface area contributed by atoms with Gasteiger partial charge in [0.25, 0.3) is 0 Å². The zero-order valence-corrected chi connectivity index (χ0v) is 16.1. The summed E-state index contributed by atoms with van der Waals surface area (Å²) in [6, 6.07) is 10.8. The summed E-state index contributed by atoms with van der Waals surface area (Å²) < 4.78 is 67.4. The first-order chi connectivity index (χ1) is 13.1. The lowest BCUT2D eigenvalue weighted by atomic mass is 10.1. The smallest absolute Gasteiger partial charge is 0.322 e. The third-order valence-corrected chi connectivity index (χ3v) is 6.31. The van der Waals surface area contributed by atoms with Gasteiger partial charge in [-0.05, 0) is 36.1 Å². The predicted molar refractivity (Wildman–Crippen MR) is 102 cm³/mol. The number of fused-ring (bicyclic) bond motifs is 1. The topological polar surface area (TPSA) is 79.0 Å². The molecule has 0 radical (unpaired) electrons. The van der Waals surface area contributed by atoms with Crippen LogP contribution in [0.1, 0.15) is 11.1 Å². The molecule has 1 aromatic heterocycles. The van der Waals surface area contributed by atoms with E-state index in [2.05, 4.69) is 9.71 Å². The molecule has 0 amide bonds. The van der Waals surface area contributed by atoms with E-state index in [1.54, 1.807) is 12.1 Å². The van der Waals surface area contributed by atoms with Crippen LogP contribution in [0.3, 0.4) is 0 Å². The predicted octanol–water partition coefficient (Wildman–Crippen LogP) is 3.75. The van der Waals surface area contributed by atoms with E-state index in [0.29, 0.717) is 6.07 Å². The van der Waals surface area contributed by atoms with Gasteiger partial charge in [-0.15, -0.1) is 11.8 Å². The van der Waals surface area contributed by atoms with Gasteiger partial charge in [0, 0.05) is 28.4 Å². The Labute approximate surface area is 163 Å². The number of rotatable bonds is 5. The SMILES string of the molecule is CSc1ccccc1CNS(=O)(=O)c1ccc2[nH]c(=O)cc(C(F)(F)F)c2c1. The Morgan fingerprint density at radius 2 is 1.82 bits per heavy atom. The number of hydrogen-bond donors (Lipinski definition) is 2. The van der Waals surface area contributed by atoms with Gasteiger partial charge in [0.1, 0.15) is 0 Å². The van der Waals surface area contributed by atoms with Gasteiger partial charge in [-0.2, -0.15) is 13.2 Å². The highest BCUT2D eigenvalue weighted by atomic mass is 32.2. The summed E-state index contributed by atoms with van der Waals surface area (Å²) in [6.07, 6.45) is -2.93. The molecule has 10 heteroatoms. The van der Waals surface area contributed by atoms with Crippen molar-refractivity contribution in [2.75, 3.05) is 6.26 Å². The molecule has 148 valence electrons. The maximum Gasteiger partial charge on any atom is 0.417 e. The minimum atomic E-state index is -4.79. The second-order valence-corrected chi connectivity index (χ2v) is 8.50. The van der Waals surface area contributed by atoms with E-state index >= 15 is 0 Å². The van der Waals surface area contributed by atoms with Gasteiger partial charge >= 0.3 is 6.18 Å². The van der Waals surface area contributed by atoms with Crippen LogP contribution in [0.25, 0.3) is 10.9 Å². The Bertz CT molecular complexity index is 1190. The number of benzene rings is 2. The Kier molecular flexibility index (Phi) is 5.55. The maximum absolute atomic E-state index is 13.3. The zero-order chi connectivity index (χ0) is 20.5. The number of pyridine rings is 1. The van der Waals surface area contributed by atoms with E-state index in [4.69, 9.17) is 0 Å². The van der Waals surface area contributed by atoms with Crippen molar-refractivity contribution in [1.82, 2.24) is 9.71 Å². The van der Waals surface area contributed by atoms with Crippen LogP contribution in [-0.4, -0.2) is 19.7 Å². The molecule has 1 heterocycles. The standard InChI is InChI=1S/C18H15F3N2O3S2/c1-27-16-5-3-2-4-11(16)10-22-28(25,26)12-6-7-15-13(8-12)14(18(19,20)21)9-17(24)23-15/h2-9,22H,10H2,1H3,(H,23,24). The molecule has 5 nitrogen and oxygen atoms in total. The van der Waals surface area contributed by atoms with Gasteiger partial charge < -0.3 is 4.98 Å². The normalized spacial score (nSPS) is 12.4. The van der Waals surface area contributed by atoms with Crippen LogP contribution in [-0.2, 0) is 22.7 Å². The lowest BCUT2D eigenvalue weighted by molar-refractivity contribution is -0.136. The van der Waals surface area contributed by atoms with Crippen LogP contribution in [0, 0.1) is 0 Å². The number of hydrogen-bond acceptors (Lipinski definition) is 4. The quantitative estimate of drug-likeness (QED) is 0.607. The molecule has 0 aliphatic carbocycles. The van der Waals surface area contributed by atoms with Crippen LogP contribution in [0.4, 0.5) is 13.2 Å². The van der Waals surface area contributed by atoms with Crippen molar-refractivity contribution >= 4 is 32.7 Å². The van der Waals surface area contributed by atoms with Crippen molar-refractivity contribution in [3.63, 3.8) is 0 Å². The molecule has 0 saturated heterocycles. The molecule has 0 aliphatic rings. The summed E-state index contributed by atoms with van der Waals surface area (Å²) >= 11 is 1.46. The average molecular weight is 428 g/mol. The zero-order valence-electron chi connectivity index (χ0n) is 14.5. The Morgan fingerprint density at radius 1 is 1.11 bits per heavy atom. The molecule has 0 bridgehead atoms. The fourth-order valence-corrected chi connectivity index (χ4v) is 4.39. The minimum absolute atomic E-state index is 0.00483. The molecule has 2 N–H and O–H groups in total. The van der Waals surface area contributed by atoms with Crippen molar-refractivity contribution in [1.29, 1.82) is 0 Å². The molecule has 3 rings (SSSR count). The number of aromatic nitrogens is 1. The van der Waals surface area contributed by atoms with Crippen LogP contribution in [0.5, 0.6) is 0 Å². The minimum Gasteiger partial charge on any atom is -0.322 e. The summed E-state index contributed by atoms with van der Waals surface area (Å²) in [5.74, 6) is 0. The number of halogens is 3. The fraction of sp³-hybridized carbons (Fsp3) is 0.167. The third-order valence-electron chi connectivity index (χ3n) is 4.08.